The van der Waals surface area contributed by atoms with Gasteiger partial charge in [0, 0.05) is 16.9 Å². The van der Waals surface area contributed by atoms with E-state index in [0.717, 1.165) is 15.6 Å². The Morgan fingerprint density at radius 3 is 3.17 bits per heavy atom. The van der Waals surface area contributed by atoms with Gasteiger partial charge in [0.15, 0.2) is 10.6 Å². The van der Waals surface area contributed by atoms with Crippen LogP contribution in [0.25, 0.3) is 0 Å². The zero-order chi connectivity index (χ0) is 12.7. The van der Waals surface area contributed by atoms with Crippen LogP contribution in [0.2, 0.25) is 0 Å². The Labute approximate surface area is 120 Å². The minimum absolute atomic E-state index is 0.545. The van der Waals surface area contributed by atoms with E-state index in [9.17, 15) is 0 Å². The van der Waals surface area contributed by atoms with Crippen molar-refractivity contribution < 1.29 is 4.90 Å². The van der Waals surface area contributed by atoms with E-state index in [2.05, 4.69) is 23.5 Å². The lowest BCUT2D eigenvalue weighted by Crippen LogP contribution is -3.12. The molecule has 1 aliphatic rings. The van der Waals surface area contributed by atoms with Gasteiger partial charge in [0.1, 0.15) is 11.0 Å². The highest BCUT2D eigenvalue weighted by atomic mass is 32.1. The second-order valence-corrected chi connectivity index (χ2v) is 7.55. The fourth-order valence-corrected chi connectivity index (χ4v) is 4.62. The van der Waals surface area contributed by atoms with Crippen LogP contribution < -0.4 is 4.90 Å². The Morgan fingerprint density at radius 1 is 1.61 bits per heavy atom. The molecular weight excluding hydrogens is 282 g/mol. The van der Waals surface area contributed by atoms with Gasteiger partial charge in [-0.1, -0.05) is 11.3 Å². The van der Waals surface area contributed by atoms with Crippen molar-refractivity contribution >= 4 is 34.9 Å². The molecule has 0 saturated carbocycles. The first-order chi connectivity index (χ1) is 8.65. The molecule has 1 aliphatic heterocycles. The molecule has 1 unspecified atom stereocenters. The Kier molecular flexibility index (Phi) is 3.36. The number of quaternary nitrogens is 1. The quantitative estimate of drug-likeness (QED) is 0.859. The summed E-state index contributed by atoms with van der Waals surface area (Å²) < 4.78 is 2.88. The number of rotatable bonds is 2. The van der Waals surface area contributed by atoms with Crippen molar-refractivity contribution in [3.63, 3.8) is 0 Å². The van der Waals surface area contributed by atoms with Crippen LogP contribution in [0.3, 0.4) is 0 Å². The molecule has 2 aromatic heterocycles. The lowest BCUT2D eigenvalue weighted by Gasteiger charge is -2.30. The third kappa shape index (κ3) is 2.18. The summed E-state index contributed by atoms with van der Waals surface area (Å²) in [5, 5.41) is 7.76. The monoisotopic (exact) mass is 298 g/mol. The van der Waals surface area contributed by atoms with Gasteiger partial charge in [-0.15, -0.1) is 11.3 Å². The van der Waals surface area contributed by atoms with Crippen molar-refractivity contribution in [1.29, 1.82) is 0 Å². The molecule has 96 valence electrons. The van der Waals surface area contributed by atoms with Gasteiger partial charge >= 0.3 is 0 Å². The molecule has 0 bridgehead atoms. The summed E-state index contributed by atoms with van der Waals surface area (Å²) in [6, 6.07) is 2.82. The van der Waals surface area contributed by atoms with Gasteiger partial charge in [-0.05, 0) is 37.5 Å². The molecule has 0 spiro atoms. The lowest BCUT2D eigenvalue weighted by molar-refractivity contribution is -0.954. The van der Waals surface area contributed by atoms with Gasteiger partial charge in [0.2, 0.25) is 0 Å². The van der Waals surface area contributed by atoms with Crippen LogP contribution in [-0.4, -0.2) is 16.3 Å². The predicted octanol–water partition coefficient (Wildman–Crippen LogP) is 2.20. The Morgan fingerprint density at radius 2 is 2.44 bits per heavy atom. The van der Waals surface area contributed by atoms with Crippen LogP contribution in [0.4, 0.5) is 0 Å². The molecule has 6 heteroatoms. The van der Waals surface area contributed by atoms with Gasteiger partial charge in [-0.3, -0.25) is 0 Å². The Hall–Kier alpha value is -0.560. The zero-order valence-electron chi connectivity index (χ0n) is 10.5. The van der Waals surface area contributed by atoms with Gasteiger partial charge in [0.25, 0.3) is 0 Å². The third-order valence-electron chi connectivity index (χ3n) is 3.59. The van der Waals surface area contributed by atoms with Crippen LogP contribution in [0, 0.1) is 10.9 Å². The Bertz CT molecular complexity index is 610. The molecule has 3 nitrogen and oxygen atoms in total. The van der Waals surface area contributed by atoms with Crippen LogP contribution in [0.5, 0.6) is 0 Å². The molecule has 3 rings (SSSR count). The van der Waals surface area contributed by atoms with Crippen molar-refractivity contribution in [3.8, 4) is 0 Å². The summed E-state index contributed by atoms with van der Waals surface area (Å²) in [4.78, 5) is 3.12. The first-order valence-corrected chi connectivity index (χ1v) is 8.21. The average molecular weight is 298 g/mol. The van der Waals surface area contributed by atoms with Crippen LogP contribution in [0.1, 0.15) is 28.4 Å². The number of nitrogens with zero attached hydrogens (tertiary/aromatic N) is 2. The summed E-state index contributed by atoms with van der Waals surface area (Å²) in [6.45, 7) is 6.39. The van der Waals surface area contributed by atoms with Gasteiger partial charge in [0.05, 0.1) is 6.54 Å². The summed E-state index contributed by atoms with van der Waals surface area (Å²) in [7, 11) is 0. The fraction of sp³-hybridized carbons (Fsp3) is 0.500. The standard InChI is InChI=1S/C12H15N3S3/c1-8-10-4-6-17-11(10)3-5-14(8)7-15-12(16)18-9(2)13-15/h4,6,8H,3,5,7H2,1-2H3/p+1/t8-/m1/s1. The maximum absolute atomic E-state index is 5.35. The van der Waals surface area contributed by atoms with E-state index < -0.39 is 0 Å². The fourth-order valence-electron chi connectivity index (χ4n) is 2.57. The van der Waals surface area contributed by atoms with E-state index >= 15 is 0 Å². The predicted molar refractivity (Wildman–Crippen MR) is 77.9 cm³/mol. The average Bonchev–Trinajstić information content (AvgIpc) is 2.90. The highest BCUT2D eigenvalue weighted by molar-refractivity contribution is 7.73. The molecule has 0 aromatic carbocycles. The number of fused-ring (bicyclic) bond motifs is 1. The van der Waals surface area contributed by atoms with E-state index in [4.69, 9.17) is 12.2 Å². The molecule has 2 aromatic rings. The van der Waals surface area contributed by atoms with E-state index in [1.54, 1.807) is 21.1 Å². The van der Waals surface area contributed by atoms with Crippen molar-refractivity contribution in [2.24, 2.45) is 0 Å². The van der Waals surface area contributed by atoms with Crippen molar-refractivity contribution in [3.05, 3.63) is 30.8 Å². The number of thiophene rings is 1. The minimum Gasteiger partial charge on any atom is -0.310 e. The highest BCUT2D eigenvalue weighted by Gasteiger charge is 2.28. The van der Waals surface area contributed by atoms with Crippen molar-refractivity contribution in [1.82, 2.24) is 9.78 Å². The molecule has 0 fully saturated rings. The van der Waals surface area contributed by atoms with Gasteiger partial charge in [-0.25, -0.2) is 0 Å². The lowest BCUT2D eigenvalue weighted by atomic mass is 10.0. The maximum Gasteiger partial charge on any atom is 0.184 e. The SMILES string of the molecule is Cc1nn(C[NH+]2CCc3sccc3[C@H]2C)c(=S)s1. The summed E-state index contributed by atoms with van der Waals surface area (Å²) in [5.41, 5.74) is 1.51. The smallest absolute Gasteiger partial charge is 0.184 e. The van der Waals surface area contributed by atoms with Crippen LogP contribution >= 0.6 is 34.9 Å². The van der Waals surface area contributed by atoms with Crippen molar-refractivity contribution in [2.75, 3.05) is 6.54 Å². The van der Waals surface area contributed by atoms with Crippen molar-refractivity contribution in [2.45, 2.75) is 33.0 Å². The van der Waals surface area contributed by atoms with Crippen LogP contribution in [-0.2, 0) is 13.1 Å². The largest absolute Gasteiger partial charge is 0.310 e. The second-order valence-electron chi connectivity index (χ2n) is 4.72. The molecule has 2 atom stereocenters. The summed E-state index contributed by atoms with van der Waals surface area (Å²) in [6.07, 6.45) is 1.18. The number of hydrogen-bond donors (Lipinski definition) is 1. The maximum atomic E-state index is 5.35. The molecule has 3 heterocycles. The van der Waals surface area contributed by atoms with E-state index in [-0.39, 0.29) is 0 Å². The first-order valence-electron chi connectivity index (χ1n) is 6.10. The Balaban J connectivity index is 1.83. The molecule has 0 aliphatic carbocycles. The summed E-state index contributed by atoms with van der Waals surface area (Å²) >= 11 is 8.84. The molecule has 0 radical (unpaired) electrons. The zero-order valence-corrected chi connectivity index (χ0v) is 12.9. The molecule has 0 amide bonds. The van der Waals surface area contributed by atoms with E-state index in [1.807, 2.05) is 22.9 Å². The molecule has 0 saturated heterocycles. The topological polar surface area (TPSA) is 22.3 Å². The number of nitrogens with one attached hydrogen (secondary N) is 1. The number of aromatic nitrogens is 2. The molecule has 1 N–H and O–H groups in total. The minimum atomic E-state index is 0.545. The van der Waals surface area contributed by atoms with Crippen LogP contribution in [0.15, 0.2) is 11.4 Å². The second kappa shape index (κ2) is 4.85. The van der Waals surface area contributed by atoms with E-state index in [1.165, 1.54) is 18.5 Å². The molecule has 18 heavy (non-hydrogen) atoms. The first kappa shape index (κ1) is 12.5. The highest BCUT2D eigenvalue weighted by Crippen LogP contribution is 2.24. The van der Waals surface area contributed by atoms with Gasteiger partial charge < -0.3 is 4.90 Å². The number of aryl methyl sites for hydroxylation is 1. The molecular formula is C12H16N3S3+. The third-order valence-corrected chi connectivity index (χ3v) is 5.81. The summed E-state index contributed by atoms with van der Waals surface area (Å²) in [5.74, 6) is 0. The van der Waals surface area contributed by atoms with E-state index in [0.29, 0.717) is 6.04 Å². The normalized spacial score (nSPS) is 23.0. The number of hydrogen-bond acceptors (Lipinski definition) is 4. The van der Waals surface area contributed by atoms with Gasteiger partial charge in [-0.2, -0.15) is 9.78 Å².